The molecule has 3 heterocycles. The summed E-state index contributed by atoms with van der Waals surface area (Å²) in [6.07, 6.45) is 0. The van der Waals surface area contributed by atoms with Crippen molar-refractivity contribution in [2.45, 2.75) is 6.54 Å². The van der Waals surface area contributed by atoms with E-state index in [2.05, 4.69) is 15.0 Å². The Labute approximate surface area is 203 Å². The first-order valence-electron chi connectivity index (χ1n) is 11.0. The SMILES string of the molecule is O=C(COc1ccccc1F)N1CCN(Cc2cc(=O)n3nc(-c4cccc(F)c4)sc3n2)CC1. The molecular weight excluding hydrogens is 476 g/mol. The van der Waals surface area contributed by atoms with Gasteiger partial charge in [-0.2, -0.15) is 9.61 Å². The largest absolute Gasteiger partial charge is 0.481 e. The van der Waals surface area contributed by atoms with Crippen LogP contribution in [0.2, 0.25) is 0 Å². The Balaban J connectivity index is 1.20. The lowest BCUT2D eigenvalue weighted by molar-refractivity contribution is -0.135. The number of nitrogens with zero attached hydrogens (tertiary/aromatic N) is 5. The van der Waals surface area contributed by atoms with Crippen molar-refractivity contribution in [3.8, 4) is 16.3 Å². The maximum Gasteiger partial charge on any atom is 0.275 e. The van der Waals surface area contributed by atoms with E-state index in [0.29, 0.717) is 53.9 Å². The van der Waals surface area contributed by atoms with Gasteiger partial charge in [0.1, 0.15) is 10.8 Å². The van der Waals surface area contributed by atoms with Gasteiger partial charge in [0, 0.05) is 44.4 Å². The first-order valence-corrected chi connectivity index (χ1v) is 11.8. The number of para-hydroxylation sites is 1. The fraction of sp³-hybridized carbons (Fsp3) is 0.250. The highest BCUT2D eigenvalue weighted by Gasteiger charge is 2.22. The van der Waals surface area contributed by atoms with Gasteiger partial charge >= 0.3 is 0 Å². The number of piperazine rings is 1. The fourth-order valence-electron chi connectivity index (χ4n) is 3.85. The second-order valence-corrected chi connectivity index (χ2v) is 9.03. The van der Waals surface area contributed by atoms with Crippen molar-refractivity contribution in [1.82, 2.24) is 24.4 Å². The number of hydrogen-bond donors (Lipinski definition) is 0. The fourth-order valence-corrected chi connectivity index (χ4v) is 4.77. The molecule has 0 radical (unpaired) electrons. The number of aromatic nitrogens is 3. The molecule has 35 heavy (non-hydrogen) atoms. The topological polar surface area (TPSA) is 80.0 Å². The number of fused-ring (bicyclic) bond motifs is 1. The maximum absolute atomic E-state index is 13.7. The van der Waals surface area contributed by atoms with Crippen LogP contribution in [0.4, 0.5) is 8.78 Å². The zero-order chi connectivity index (χ0) is 24.4. The van der Waals surface area contributed by atoms with E-state index in [-0.39, 0.29) is 29.6 Å². The second kappa shape index (κ2) is 9.88. The molecule has 0 spiro atoms. The Hall–Kier alpha value is -3.70. The second-order valence-electron chi connectivity index (χ2n) is 8.07. The van der Waals surface area contributed by atoms with Crippen LogP contribution in [0, 0.1) is 11.6 Å². The molecule has 2 aromatic heterocycles. The highest BCUT2D eigenvalue weighted by Crippen LogP contribution is 2.25. The van der Waals surface area contributed by atoms with E-state index in [9.17, 15) is 18.4 Å². The zero-order valence-electron chi connectivity index (χ0n) is 18.6. The third kappa shape index (κ3) is 5.20. The molecule has 1 saturated heterocycles. The molecule has 180 valence electrons. The molecule has 1 fully saturated rings. The van der Waals surface area contributed by atoms with Crippen molar-refractivity contribution in [3.63, 3.8) is 0 Å². The molecule has 8 nitrogen and oxygen atoms in total. The van der Waals surface area contributed by atoms with Gasteiger partial charge in [-0.3, -0.25) is 14.5 Å². The smallest absolute Gasteiger partial charge is 0.275 e. The quantitative estimate of drug-likeness (QED) is 0.408. The minimum Gasteiger partial charge on any atom is -0.481 e. The Bertz CT molecular complexity index is 1430. The molecule has 4 aromatic rings. The molecule has 11 heteroatoms. The number of carbonyl (C=O) groups excluding carboxylic acids is 1. The van der Waals surface area contributed by atoms with E-state index < -0.39 is 5.82 Å². The van der Waals surface area contributed by atoms with Crippen LogP contribution in [-0.4, -0.2) is 63.1 Å². The number of carbonyl (C=O) groups is 1. The molecule has 1 amide bonds. The van der Waals surface area contributed by atoms with E-state index >= 15 is 0 Å². The molecule has 0 atom stereocenters. The molecule has 5 rings (SSSR count). The van der Waals surface area contributed by atoms with Gasteiger partial charge in [-0.05, 0) is 24.3 Å². The van der Waals surface area contributed by atoms with Crippen LogP contribution in [-0.2, 0) is 11.3 Å². The summed E-state index contributed by atoms with van der Waals surface area (Å²) in [5, 5.41) is 4.80. The predicted molar refractivity (Wildman–Crippen MR) is 126 cm³/mol. The summed E-state index contributed by atoms with van der Waals surface area (Å²) in [6, 6.07) is 13.5. The summed E-state index contributed by atoms with van der Waals surface area (Å²) in [7, 11) is 0. The van der Waals surface area contributed by atoms with Crippen LogP contribution in [0.15, 0.2) is 59.4 Å². The van der Waals surface area contributed by atoms with Crippen LogP contribution in [0.3, 0.4) is 0 Å². The summed E-state index contributed by atoms with van der Waals surface area (Å²) in [6.45, 7) is 2.41. The first-order chi connectivity index (χ1) is 17.0. The number of ether oxygens (including phenoxy) is 1. The molecule has 2 aromatic carbocycles. The minimum atomic E-state index is -0.505. The van der Waals surface area contributed by atoms with Gasteiger partial charge in [-0.25, -0.2) is 13.8 Å². The van der Waals surface area contributed by atoms with E-state index in [1.807, 2.05) is 0 Å². The minimum absolute atomic E-state index is 0.0517. The van der Waals surface area contributed by atoms with Gasteiger partial charge in [-0.1, -0.05) is 35.6 Å². The normalized spacial score (nSPS) is 14.4. The van der Waals surface area contributed by atoms with Crippen LogP contribution in [0.1, 0.15) is 5.69 Å². The van der Waals surface area contributed by atoms with Gasteiger partial charge in [0.2, 0.25) is 4.96 Å². The standard InChI is InChI=1S/C24H21F2N5O3S/c25-17-5-3-4-16(12-17)23-28-31-21(32)13-18(27-24(31)35-23)14-29-8-10-30(11-9-29)22(33)15-34-20-7-2-1-6-19(20)26/h1-7,12-13H,8-11,14-15H2. The number of hydrogen-bond acceptors (Lipinski definition) is 7. The number of halogens is 2. The molecular formula is C24H21F2N5O3S. The zero-order valence-corrected chi connectivity index (χ0v) is 19.4. The van der Waals surface area contributed by atoms with Gasteiger partial charge in [0.25, 0.3) is 11.5 Å². The molecule has 1 aliphatic heterocycles. The Morgan fingerprint density at radius 2 is 1.83 bits per heavy atom. The summed E-state index contributed by atoms with van der Waals surface area (Å²) in [5.74, 6) is -1.04. The summed E-state index contributed by atoms with van der Waals surface area (Å²) in [5.41, 5.74) is 0.885. The molecule has 1 aliphatic rings. The van der Waals surface area contributed by atoms with Gasteiger partial charge in [-0.15, -0.1) is 0 Å². The van der Waals surface area contributed by atoms with Crippen LogP contribution >= 0.6 is 11.3 Å². The molecule has 0 saturated carbocycles. The van der Waals surface area contributed by atoms with Gasteiger partial charge in [0.15, 0.2) is 18.2 Å². The Kier molecular flexibility index (Phi) is 6.51. The van der Waals surface area contributed by atoms with Gasteiger partial charge < -0.3 is 9.64 Å². The van der Waals surface area contributed by atoms with E-state index in [1.54, 1.807) is 29.2 Å². The average Bonchev–Trinajstić information content (AvgIpc) is 3.29. The summed E-state index contributed by atoms with van der Waals surface area (Å²) >= 11 is 1.22. The number of benzene rings is 2. The van der Waals surface area contributed by atoms with E-state index in [4.69, 9.17) is 4.74 Å². The van der Waals surface area contributed by atoms with Crippen molar-refractivity contribution in [2.75, 3.05) is 32.8 Å². The Morgan fingerprint density at radius 3 is 2.60 bits per heavy atom. The van der Waals surface area contributed by atoms with Crippen molar-refractivity contribution >= 4 is 22.2 Å². The average molecular weight is 498 g/mol. The molecule has 0 N–H and O–H groups in total. The third-order valence-electron chi connectivity index (χ3n) is 5.67. The maximum atomic E-state index is 13.7. The lowest BCUT2D eigenvalue weighted by atomic mass is 10.2. The highest BCUT2D eigenvalue weighted by molar-refractivity contribution is 7.19. The number of rotatable bonds is 6. The Morgan fingerprint density at radius 1 is 1.03 bits per heavy atom. The van der Waals surface area contributed by atoms with E-state index in [0.717, 1.165) is 0 Å². The highest BCUT2D eigenvalue weighted by atomic mass is 32.1. The van der Waals surface area contributed by atoms with Gasteiger partial charge in [0.05, 0.1) is 5.69 Å². The van der Waals surface area contributed by atoms with Crippen molar-refractivity contribution in [2.24, 2.45) is 0 Å². The molecule has 0 aliphatic carbocycles. The van der Waals surface area contributed by atoms with Crippen LogP contribution in [0.25, 0.3) is 15.5 Å². The lowest BCUT2D eigenvalue weighted by Gasteiger charge is -2.34. The summed E-state index contributed by atoms with van der Waals surface area (Å²) < 4.78 is 33.8. The van der Waals surface area contributed by atoms with Crippen LogP contribution in [0.5, 0.6) is 5.75 Å². The molecule has 0 unspecified atom stereocenters. The van der Waals surface area contributed by atoms with Crippen LogP contribution < -0.4 is 10.3 Å². The van der Waals surface area contributed by atoms with E-state index in [1.165, 1.54) is 46.2 Å². The lowest BCUT2D eigenvalue weighted by Crippen LogP contribution is -2.49. The van der Waals surface area contributed by atoms with Crippen molar-refractivity contribution in [3.05, 3.63) is 82.3 Å². The molecule has 0 bridgehead atoms. The van der Waals surface area contributed by atoms with Crippen molar-refractivity contribution < 1.29 is 18.3 Å². The predicted octanol–water partition coefficient (Wildman–Crippen LogP) is 2.82. The van der Waals surface area contributed by atoms with Crippen molar-refractivity contribution in [1.29, 1.82) is 0 Å². The third-order valence-corrected chi connectivity index (χ3v) is 6.63. The summed E-state index contributed by atoms with van der Waals surface area (Å²) in [4.78, 5) is 33.8. The first kappa shape index (κ1) is 23.1. The number of amides is 1. The monoisotopic (exact) mass is 497 g/mol.